The Morgan fingerprint density at radius 3 is 2.90 bits per heavy atom. The molecule has 1 aromatic rings. The fourth-order valence-corrected chi connectivity index (χ4v) is 1.67. The van der Waals surface area contributed by atoms with Crippen LogP contribution in [0.2, 0.25) is 0 Å². The lowest BCUT2D eigenvalue weighted by Gasteiger charge is -2.15. The molecule has 1 unspecified atom stereocenters. The van der Waals surface area contributed by atoms with Crippen LogP contribution in [0.15, 0.2) is 24.3 Å². The van der Waals surface area contributed by atoms with Gasteiger partial charge >= 0.3 is 0 Å². The molecule has 0 bridgehead atoms. The summed E-state index contributed by atoms with van der Waals surface area (Å²) in [6, 6.07) is 9.14. The molecule has 0 aliphatic carbocycles. The molecule has 1 amide bonds. The normalized spacial score (nSPS) is 11.8. The number of unbranched alkanes of at least 4 members (excludes halogenated alkanes) is 1. The Morgan fingerprint density at radius 2 is 2.24 bits per heavy atom. The predicted molar refractivity (Wildman–Crippen MR) is 82.8 cm³/mol. The number of hydrogen-bond acceptors (Lipinski definition) is 4. The molecule has 5 heteroatoms. The summed E-state index contributed by atoms with van der Waals surface area (Å²) in [5.41, 5.74) is 6.57. The smallest absolute Gasteiger partial charge is 0.225 e. The maximum atomic E-state index is 11.9. The summed E-state index contributed by atoms with van der Waals surface area (Å²) < 4.78 is 5.52. The zero-order valence-corrected chi connectivity index (χ0v) is 12.6. The van der Waals surface area contributed by atoms with E-state index in [-0.39, 0.29) is 17.9 Å². The van der Waals surface area contributed by atoms with Crippen LogP contribution in [0, 0.1) is 17.2 Å². The Kier molecular flexibility index (Phi) is 7.27. The molecule has 0 aromatic heterocycles. The van der Waals surface area contributed by atoms with Crippen molar-refractivity contribution in [2.24, 2.45) is 11.7 Å². The van der Waals surface area contributed by atoms with Gasteiger partial charge in [-0.2, -0.15) is 5.26 Å². The average Bonchev–Trinajstić information content (AvgIpc) is 2.43. The van der Waals surface area contributed by atoms with Crippen LogP contribution in [0.4, 0.5) is 5.69 Å². The molecule has 114 valence electrons. The van der Waals surface area contributed by atoms with Gasteiger partial charge in [0.1, 0.15) is 5.75 Å². The van der Waals surface area contributed by atoms with Crippen molar-refractivity contribution in [1.82, 2.24) is 0 Å². The highest BCUT2D eigenvalue weighted by Gasteiger charge is 2.13. The maximum absolute atomic E-state index is 11.9. The standard InChI is InChI=1S/C16H23N3O2/c1-12(2)15(18)11-16(20)19-13-6-5-7-14(10-13)21-9-4-3-8-17/h5-7,10,12,15H,3-4,9,11,18H2,1-2H3,(H,19,20). The fraction of sp³-hybridized carbons (Fsp3) is 0.500. The number of benzene rings is 1. The largest absolute Gasteiger partial charge is 0.493 e. The van der Waals surface area contributed by atoms with Crippen molar-refractivity contribution >= 4 is 11.6 Å². The Bertz CT molecular complexity index is 495. The van der Waals surface area contributed by atoms with Crippen LogP contribution in [0.3, 0.4) is 0 Å². The van der Waals surface area contributed by atoms with E-state index in [2.05, 4.69) is 11.4 Å². The fourth-order valence-electron chi connectivity index (χ4n) is 1.67. The second kappa shape index (κ2) is 8.98. The van der Waals surface area contributed by atoms with Crippen molar-refractivity contribution < 1.29 is 9.53 Å². The maximum Gasteiger partial charge on any atom is 0.225 e. The zero-order valence-electron chi connectivity index (χ0n) is 12.6. The molecular weight excluding hydrogens is 266 g/mol. The molecule has 0 spiro atoms. The SMILES string of the molecule is CC(C)C(N)CC(=O)Nc1cccc(OCCCC#N)c1. The Labute approximate surface area is 126 Å². The lowest BCUT2D eigenvalue weighted by Crippen LogP contribution is -2.31. The van der Waals surface area contributed by atoms with Crippen LogP contribution in [0.1, 0.15) is 33.1 Å². The van der Waals surface area contributed by atoms with Gasteiger partial charge in [-0.3, -0.25) is 4.79 Å². The van der Waals surface area contributed by atoms with E-state index in [1.54, 1.807) is 12.1 Å². The van der Waals surface area contributed by atoms with Gasteiger partial charge in [-0.15, -0.1) is 0 Å². The highest BCUT2D eigenvalue weighted by molar-refractivity contribution is 5.91. The summed E-state index contributed by atoms with van der Waals surface area (Å²) in [5, 5.41) is 11.3. The van der Waals surface area contributed by atoms with Gasteiger partial charge in [-0.25, -0.2) is 0 Å². The van der Waals surface area contributed by atoms with E-state index in [1.165, 1.54) is 0 Å². The van der Waals surface area contributed by atoms with E-state index in [0.717, 1.165) is 0 Å². The van der Waals surface area contributed by atoms with Gasteiger partial charge in [-0.05, 0) is 24.5 Å². The van der Waals surface area contributed by atoms with Crippen LogP contribution in [-0.2, 0) is 4.79 Å². The minimum Gasteiger partial charge on any atom is -0.493 e. The molecule has 0 heterocycles. The van der Waals surface area contributed by atoms with Crippen molar-refractivity contribution in [1.29, 1.82) is 5.26 Å². The first kappa shape index (κ1) is 17.0. The molecule has 0 saturated heterocycles. The molecule has 1 aromatic carbocycles. The zero-order chi connectivity index (χ0) is 15.7. The van der Waals surface area contributed by atoms with Gasteiger partial charge in [0.2, 0.25) is 5.91 Å². The number of rotatable bonds is 8. The topological polar surface area (TPSA) is 88.1 Å². The second-order valence-electron chi connectivity index (χ2n) is 5.30. The summed E-state index contributed by atoms with van der Waals surface area (Å²) in [7, 11) is 0. The number of nitrogens with two attached hydrogens (primary N) is 1. The minimum absolute atomic E-state index is 0.0992. The molecule has 21 heavy (non-hydrogen) atoms. The number of nitriles is 1. The number of hydrogen-bond donors (Lipinski definition) is 2. The van der Waals surface area contributed by atoms with Gasteiger partial charge in [-0.1, -0.05) is 19.9 Å². The van der Waals surface area contributed by atoms with Crippen molar-refractivity contribution in [2.75, 3.05) is 11.9 Å². The van der Waals surface area contributed by atoms with E-state index in [1.807, 2.05) is 26.0 Å². The van der Waals surface area contributed by atoms with Crippen LogP contribution >= 0.6 is 0 Å². The number of nitrogens with one attached hydrogen (secondary N) is 1. The van der Waals surface area contributed by atoms with Crippen LogP contribution in [-0.4, -0.2) is 18.6 Å². The number of nitrogens with zero attached hydrogens (tertiary/aromatic N) is 1. The predicted octanol–water partition coefficient (Wildman–Crippen LogP) is 2.68. The third-order valence-corrected chi connectivity index (χ3v) is 3.10. The van der Waals surface area contributed by atoms with Gasteiger partial charge in [0.25, 0.3) is 0 Å². The molecule has 0 radical (unpaired) electrons. The summed E-state index contributed by atoms with van der Waals surface area (Å²) in [6.07, 6.45) is 1.46. The first-order valence-electron chi connectivity index (χ1n) is 7.18. The molecular formula is C16H23N3O2. The molecule has 5 nitrogen and oxygen atoms in total. The third kappa shape index (κ3) is 6.77. The van der Waals surface area contributed by atoms with Gasteiger partial charge in [0, 0.05) is 30.6 Å². The molecule has 0 aliphatic heterocycles. The first-order chi connectivity index (χ1) is 10.0. The summed E-state index contributed by atoms with van der Waals surface area (Å²) in [4.78, 5) is 11.9. The summed E-state index contributed by atoms with van der Waals surface area (Å²) >= 11 is 0. The van der Waals surface area contributed by atoms with Crippen LogP contribution in [0.25, 0.3) is 0 Å². The molecule has 0 aliphatic rings. The average molecular weight is 289 g/mol. The van der Waals surface area contributed by atoms with Crippen molar-refractivity contribution in [3.63, 3.8) is 0 Å². The van der Waals surface area contributed by atoms with Gasteiger partial charge < -0.3 is 15.8 Å². The quantitative estimate of drug-likeness (QED) is 0.720. The number of anilines is 1. The Hall–Kier alpha value is -2.06. The van der Waals surface area contributed by atoms with Crippen molar-refractivity contribution in [2.45, 2.75) is 39.2 Å². The molecule has 1 atom stereocenters. The highest BCUT2D eigenvalue weighted by Crippen LogP contribution is 2.18. The molecule has 3 N–H and O–H groups in total. The van der Waals surface area contributed by atoms with E-state index < -0.39 is 0 Å². The summed E-state index contributed by atoms with van der Waals surface area (Å²) in [6.45, 7) is 4.48. The lowest BCUT2D eigenvalue weighted by molar-refractivity contribution is -0.116. The third-order valence-electron chi connectivity index (χ3n) is 3.10. The van der Waals surface area contributed by atoms with Crippen LogP contribution < -0.4 is 15.8 Å². The number of ether oxygens (including phenoxy) is 1. The monoisotopic (exact) mass is 289 g/mol. The Balaban J connectivity index is 2.48. The molecule has 0 saturated carbocycles. The van der Waals surface area contributed by atoms with E-state index in [4.69, 9.17) is 15.7 Å². The van der Waals surface area contributed by atoms with E-state index in [9.17, 15) is 4.79 Å². The Morgan fingerprint density at radius 1 is 1.48 bits per heavy atom. The number of carbonyl (C=O) groups excluding carboxylic acids is 1. The minimum atomic E-state index is -0.143. The first-order valence-corrected chi connectivity index (χ1v) is 7.18. The van der Waals surface area contributed by atoms with Crippen molar-refractivity contribution in [3.05, 3.63) is 24.3 Å². The van der Waals surface area contributed by atoms with E-state index in [0.29, 0.717) is 37.3 Å². The van der Waals surface area contributed by atoms with Gasteiger partial charge in [0.05, 0.1) is 12.7 Å². The van der Waals surface area contributed by atoms with Gasteiger partial charge in [0.15, 0.2) is 0 Å². The second-order valence-corrected chi connectivity index (χ2v) is 5.30. The summed E-state index contributed by atoms with van der Waals surface area (Å²) in [5.74, 6) is 0.849. The highest BCUT2D eigenvalue weighted by atomic mass is 16.5. The molecule has 0 fully saturated rings. The number of amides is 1. The number of carbonyl (C=O) groups is 1. The molecule has 1 rings (SSSR count). The lowest BCUT2D eigenvalue weighted by atomic mass is 10.0. The van der Waals surface area contributed by atoms with Crippen molar-refractivity contribution in [3.8, 4) is 11.8 Å². The van der Waals surface area contributed by atoms with Crippen LogP contribution in [0.5, 0.6) is 5.75 Å². The van der Waals surface area contributed by atoms with E-state index >= 15 is 0 Å².